The first kappa shape index (κ1) is 12.6. The van der Waals surface area contributed by atoms with E-state index in [1.807, 2.05) is 11.8 Å². The first-order valence-corrected chi connectivity index (χ1v) is 5.81. The van der Waals surface area contributed by atoms with Crippen LogP contribution in [0, 0.1) is 0 Å². The van der Waals surface area contributed by atoms with Crippen molar-refractivity contribution in [2.75, 3.05) is 18.0 Å². The van der Waals surface area contributed by atoms with E-state index in [9.17, 15) is 9.90 Å². The predicted octanol–water partition coefficient (Wildman–Crippen LogP) is 0.0148. The monoisotopic (exact) mass is 251 g/mol. The number of fused-ring (bicyclic) bond motifs is 1. The third kappa shape index (κ3) is 2.51. The number of aromatic nitrogens is 4. The van der Waals surface area contributed by atoms with E-state index in [-0.39, 0.29) is 5.69 Å². The summed E-state index contributed by atoms with van der Waals surface area (Å²) in [4.78, 5) is 17.5. The highest BCUT2D eigenvalue weighted by atomic mass is 16.3. The maximum Gasteiger partial charge on any atom is 0.348 e. The Kier molecular flexibility index (Phi) is 3.08. The number of hydrogen-bond donors (Lipinski definition) is 2. The first-order valence-electron chi connectivity index (χ1n) is 5.81. The van der Waals surface area contributed by atoms with Crippen molar-refractivity contribution in [3.8, 4) is 0 Å². The lowest BCUT2D eigenvalue weighted by atomic mass is 10.1. The molecule has 0 saturated heterocycles. The van der Waals surface area contributed by atoms with E-state index in [4.69, 9.17) is 0 Å². The Balaban J connectivity index is 2.36. The fourth-order valence-corrected chi connectivity index (χ4v) is 1.79. The summed E-state index contributed by atoms with van der Waals surface area (Å²) in [6.07, 6.45) is 1.43. The number of aliphatic hydroxyl groups is 1. The first-order chi connectivity index (χ1) is 8.40. The van der Waals surface area contributed by atoms with Crippen LogP contribution in [0.15, 0.2) is 17.2 Å². The van der Waals surface area contributed by atoms with Gasteiger partial charge in [0.15, 0.2) is 5.65 Å². The van der Waals surface area contributed by atoms with E-state index in [2.05, 4.69) is 15.2 Å². The summed E-state index contributed by atoms with van der Waals surface area (Å²) < 4.78 is 1.33. The third-order valence-corrected chi connectivity index (χ3v) is 2.58. The largest absolute Gasteiger partial charge is 0.389 e. The number of H-pyrrole nitrogens is 1. The van der Waals surface area contributed by atoms with E-state index in [0.29, 0.717) is 24.6 Å². The van der Waals surface area contributed by atoms with Crippen molar-refractivity contribution in [3.63, 3.8) is 0 Å². The summed E-state index contributed by atoms with van der Waals surface area (Å²) in [7, 11) is 0. The van der Waals surface area contributed by atoms with Gasteiger partial charge in [-0.2, -0.15) is 5.10 Å². The summed E-state index contributed by atoms with van der Waals surface area (Å²) in [6.45, 7) is 6.64. The second-order valence-electron chi connectivity index (χ2n) is 4.83. The van der Waals surface area contributed by atoms with Crippen molar-refractivity contribution >= 4 is 11.5 Å². The topological polar surface area (TPSA) is 86.5 Å². The third-order valence-electron chi connectivity index (χ3n) is 2.58. The zero-order chi connectivity index (χ0) is 13.3. The fraction of sp³-hybridized carbons (Fsp3) is 0.545. The van der Waals surface area contributed by atoms with Crippen LogP contribution in [0.2, 0.25) is 0 Å². The molecule has 2 rings (SSSR count). The lowest BCUT2D eigenvalue weighted by Crippen LogP contribution is -2.39. The van der Waals surface area contributed by atoms with Gasteiger partial charge in [-0.15, -0.1) is 0 Å². The van der Waals surface area contributed by atoms with Crippen molar-refractivity contribution in [1.29, 1.82) is 0 Å². The fourth-order valence-electron chi connectivity index (χ4n) is 1.79. The molecule has 0 unspecified atom stereocenters. The molecule has 0 spiro atoms. The van der Waals surface area contributed by atoms with Crippen LogP contribution in [0.3, 0.4) is 0 Å². The van der Waals surface area contributed by atoms with E-state index < -0.39 is 5.60 Å². The van der Waals surface area contributed by atoms with Crippen LogP contribution in [0.25, 0.3) is 5.65 Å². The molecule has 2 aromatic heterocycles. The van der Waals surface area contributed by atoms with Gasteiger partial charge in [-0.05, 0) is 20.8 Å². The summed E-state index contributed by atoms with van der Waals surface area (Å²) in [5.41, 5.74) is -0.608. The van der Waals surface area contributed by atoms with Crippen molar-refractivity contribution in [2.24, 2.45) is 0 Å². The average molecular weight is 251 g/mol. The molecule has 0 aliphatic carbocycles. The molecule has 2 N–H and O–H groups in total. The van der Waals surface area contributed by atoms with E-state index >= 15 is 0 Å². The molecule has 0 saturated carbocycles. The second kappa shape index (κ2) is 4.41. The minimum Gasteiger partial charge on any atom is -0.389 e. The van der Waals surface area contributed by atoms with Gasteiger partial charge in [0, 0.05) is 19.2 Å². The number of aromatic amines is 1. The summed E-state index contributed by atoms with van der Waals surface area (Å²) in [5.74, 6) is 0.686. The molecular weight excluding hydrogens is 234 g/mol. The van der Waals surface area contributed by atoms with E-state index in [1.165, 1.54) is 10.7 Å². The summed E-state index contributed by atoms with van der Waals surface area (Å²) in [6, 6.07) is 1.72. The van der Waals surface area contributed by atoms with Crippen LogP contribution in [0.4, 0.5) is 5.82 Å². The number of rotatable bonds is 4. The van der Waals surface area contributed by atoms with Crippen molar-refractivity contribution < 1.29 is 5.11 Å². The normalized spacial score (nSPS) is 12.0. The average Bonchev–Trinajstić information content (AvgIpc) is 2.66. The molecule has 0 atom stereocenters. The highest BCUT2D eigenvalue weighted by Crippen LogP contribution is 2.14. The smallest absolute Gasteiger partial charge is 0.348 e. The maximum absolute atomic E-state index is 11.3. The molecule has 2 heterocycles. The summed E-state index contributed by atoms with van der Waals surface area (Å²) >= 11 is 0. The quantitative estimate of drug-likeness (QED) is 0.799. The minimum atomic E-state index is -0.810. The Labute approximate surface area is 104 Å². The van der Waals surface area contributed by atoms with Gasteiger partial charge in [0.1, 0.15) is 12.1 Å². The Morgan fingerprint density at radius 3 is 2.89 bits per heavy atom. The van der Waals surface area contributed by atoms with Crippen LogP contribution in [0.5, 0.6) is 0 Å². The van der Waals surface area contributed by atoms with E-state index in [1.54, 1.807) is 19.9 Å². The molecule has 98 valence electrons. The zero-order valence-corrected chi connectivity index (χ0v) is 10.7. The molecule has 0 bridgehead atoms. The lowest BCUT2D eigenvalue weighted by Gasteiger charge is -2.28. The van der Waals surface area contributed by atoms with Gasteiger partial charge in [0.25, 0.3) is 0 Å². The molecule has 0 fully saturated rings. The molecular formula is C11H17N5O2. The van der Waals surface area contributed by atoms with Crippen LogP contribution >= 0.6 is 0 Å². The van der Waals surface area contributed by atoms with E-state index in [0.717, 1.165) is 0 Å². The zero-order valence-electron chi connectivity index (χ0n) is 10.7. The molecule has 18 heavy (non-hydrogen) atoms. The van der Waals surface area contributed by atoms with Gasteiger partial charge in [-0.1, -0.05) is 0 Å². The number of likely N-dealkylation sites (N-methyl/N-ethyl adjacent to an activating group) is 1. The van der Waals surface area contributed by atoms with Gasteiger partial charge >= 0.3 is 5.69 Å². The lowest BCUT2D eigenvalue weighted by molar-refractivity contribution is 0.0874. The molecule has 2 aromatic rings. The van der Waals surface area contributed by atoms with Crippen LogP contribution in [-0.2, 0) is 0 Å². The minimum absolute atomic E-state index is 0.311. The Hall–Kier alpha value is -1.89. The van der Waals surface area contributed by atoms with Gasteiger partial charge in [-0.3, -0.25) is 0 Å². The molecule has 7 heteroatoms. The van der Waals surface area contributed by atoms with Crippen molar-refractivity contribution in [2.45, 2.75) is 26.4 Å². The Morgan fingerprint density at radius 1 is 1.56 bits per heavy atom. The Morgan fingerprint density at radius 2 is 2.28 bits per heavy atom. The summed E-state index contributed by atoms with van der Waals surface area (Å²) in [5, 5.41) is 16.1. The van der Waals surface area contributed by atoms with Gasteiger partial charge in [0.2, 0.25) is 0 Å². The SMILES string of the molecule is CCN(CC(C)(C)O)c1cc2n[nH]c(=O)n2cn1. The predicted molar refractivity (Wildman–Crippen MR) is 67.8 cm³/mol. The molecule has 0 amide bonds. The number of nitrogens with zero attached hydrogens (tertiary/aromatic N) is 4. The van der Waals surface area contributed by atoms with Crippen LogP contribution in [-0.4, -0.2) is 43.4 Å². The second-order valence-corrected chi connectivity index (χ2v) is 4.83. The molecule has 0 radical (unpaired) electrons. The highest BCUT2D eigenvalue weighted by molar-refractivity contribution is 5.50. The number of hydrogen-bond acceptors (Lipinski definition) is 5. The van der Waals surface area contributed by atoms with Crippen LogP contribution in [0.1, 0.15) is 20.8 Å². The standard InChI is InChI=1S/C11H17N5O2/c1-4-15(6-11(2,3)18)8-5-9-13-14-10(17)16(9)7-12-8/h5,7,18H,4,6H2,1-3H3,(H,14,17). The number of nitrogens with one attached hydrogen (secondary N) is 1. The highest BCUT2D eigenvalue weighted by Gasteiger charge is 2.18. The van der Waals surface area contributed by atoms with Gasteiger partial charge < -0.3 is 10.0 Å². The Bertz CT molecular complexity index is 595. The van der Waals surface area contributed by atoms with Crippen molar-refractivity contribution in [3.05, 3.63) is 22.9 Å². The van der Waals surface area contributed by atoms with Gasteiger partial charge in [-0.25, -0.2) is 19.3 Å². The maximum atomic E-state index is 11.3. The molecule has 7 nitrogen and oxygen atoms in total. The van der Waals surface area contributed by atoms with Crippen LogP contribution < -0.4 is 10.6 Å². The van der Waals surface area contributed by atoms with Gasteiger partial charge in [0.05, 0.1) is 5.60 Å². The molecule has 0 aliphatic rings. The molecule has 0 aliphatic heterocycles. The molecule has 0 aromatic carbocycles. The number of anilines is 1. The van der Waals surface area contributed by atoms with Crippen molar-refractivity contribution in [1.82, 2.24) is 19.6 Å².